The van der Waals surface area contributed by atoms with Crippen molar-refractivity contribution in [1.82, 2.24) is 24.3 Å². The highest BCUT2D eigenvalue weighted by Crippen LogP contribution is 2.25. The Kier molecular flexibility index (Phi) is 3.63. The highest BCUT2D eigenvalue weighted by molar-refractivity contribution is 6.35. The van der Waals surface area contributed by atoms with Crippen molar-refractivity contribution in [3.63, 3.8) is 0 Å². The lowest BCUT2D eigenvalue weighted by molar-refractivity contribution is 0.689. The minimum Gasteiger partial charge on any atom is -0.319 e. The van der Waals surface area contributed by atoms with Crippen molar-refractivity contribution in [2.75, 3.05) is 5.88 Å². The fraction of sp³-hybridized carbons (Fsp3) is 0.308. The quantitative estimate of drug-likeness (QED) is 0.696. The molecule has 0 spiro atoms. The third kappa shape index (κ3) is 2.39. The molecule has 0 saturated carbocycles. The fourth-order valence-corrected chi connectivity index (χ4v) is 2.67. The first kappa shape index (κ1) is 13.4. The summed E-state index contributed by atoms with van der Waals surface area (Å²) < 4.78 is 3.71. The molecule has 20 heavy (non-hydrogen) atoms. The number of alkyl halides is 1. The van der Waals surface area contributed by atoms with Crippen LogP contribution in [0.25, 0.3) is 11.0 Å². The number of imidazole rings is 1. The van der Waals surface area contributed by atoms with Crippen LogP contribution in [0, 0.1) is 0 Å². The van der Waals surface area contributed by atoms with Crippen LogP contribution in [-0.2, 0) is 20.0 Å². The molecule has 0 bridgehead atoms. The second-order valence-electron chi connectivity index (χ2n) is 4.50. The zero-order chi connectivity index (χ0) is 14.1. The Morgan fingerprint density at radius 3 is 2.85 bits per heavy atom. The number of hydrogen-bond acceptors (Lipinski definition) is 3. The molecule has 0 unspecified atom stereocenters. The van der Waals surface area contributed by atoms with E-state index < -0.39 is 0 Å². The molecule has 2 aromatic heterocycles. The smallest absolute Gasteiger partial charge is 0.170 e. The van der Waals surface area contributed by atoms with E-state index >= 15 is 0 Å². The van der Waals surface area contributed by atoms with Gasteiger partial charge in [-0.1, -0.05) is 17.7 Å². The van der Waals surface area contributed by atoms with Gasteiger partial charge < -0.3 is 4.57 Å². The van der Waals surface area contributed by atoms with Crippen LogP contribution in [0.4, 0.5) is 0 Å². The van der Waals surface area contributed by atoms with E-state index in [1.165, 1.54) is 0 Å². The molecule has 104 valence electrons. The fourth-order valence-electron chi connectivity index (χ4n) is 2.23. The summed E-state index contributed by atoms with van der Waals surface area (Å²) in [6.45, 7) is 0.535. The van der Waals surface area contributed by atoms with Gasteiger partial charge in [-0.3, -0.25) is 4.68 Å². The molecule has 7 heteroatoms. The molecule has 0 atom stereocenters. The minimum absolute atomic E-state index is 0.511. The van der Waals surface area contributed by atoms with Crippen LogP contribution in [0.3, 0.4) is 0 Å². The van der Waals surface area contributed by atoms with E-state index in [0.29, 0.717) is 23.9 Å². The van der Waals surface area contributed by atoms with Crippen molar-refractivity contribution in [3.8, 4) is 0 Å². The number of benzene rings is 1. The predicted molar refractivity (Wildman–Crippen MR) is 79.3 cm³/mol. The summed E-state index contributed by atoms with van der Waals surface area (Å²) in [6.07, 6.45) is 2.36. The summed E-state index contributed by atoms with van der Waals surface area (Å²) in [5.74, 6) is 2.13. The van der Waals surface area contributed by atoms with Crippen LogP contribution in [0.2, 0.25) is 5.02 Å². The number of rotatable bonds is 4. The lowest BCUT2D eigenvalue weighted by atomic mass is 10.3. The maximum absolute atomic E-state index is 6.31. The summed E-state index contributed by atoms with van der Waals surface area (Å²) in [6, 6.07) is 5.70. The van der Waals surface area contributed by atoms with Crippen LogP contribution in [0.15, 0.2) is 24.5 Å². The molecule has 1 aromatic carbocycles. The number of para-hydroxylation sites is 1. The van der Waals surface area contributed by atoms with Gasteiger partial charge in [0.05, 0.1) is 22.6 Å². The van der Waals surface area contributed by atoms with Gasteiger partial charge in [0, 0.05) is 19.3 Å². The Balaban J connectivity index is 2.12. The molecule has 5 nitrogen and oxygen atoms in total. The number of fused-ring (bicyclic) bond motifs is 1. The Hall–Kier alpha value is -1.59. The zero-order valence-electron chi connectivity index (χ0n) is 10.9. The summed E-state index contributed by atoms with van der Waals surface area (Å²) in [5.41, 5.74) is 1.77. The van der Waals surface area contributed by atoms with Crippen LogP contribution in [-0.4, -0.2) is 30.2 Å². The molecule has 0 amide bonds. The van der Waals surface area contributed by atoms with Gasteiger partial charge in [0.1, 0.15) is 12.2 Å². The molecular formula is C13H13Cl2N5. The summed E-state index contributed by atoms with van der Waals surface area (Å²) >= 11 is 12.2. The molecule has 0 aliphatic heterocycles. The number of halogens is 2. The molecular weight excluding hydrogens is 297 g/mol. The second-order valence-corrected chi connectivity index (χ2v) is 5.28. The Morgan fingerprint density at radius 2 is 2.15 bits per heavy atom. The Bertz CT molecular complexity index is 746. The highest BCUT2D eigenvalue weighted by atomic mass is 35.5. The lowest BCUT2D eigenvalue weighted by Crippen LogP contribution is -2.08. The minimum atomic E-state index is 0.511. The van der Waals surface area contributed by atoms with E-state index in [4.69, 9.17) is 23.2 Å². The van der Waals surface area contributed by atoms with Crippen LogP contribution in [0.5, 0.6) is 0 Å². The monoisotopic (exact) mass is 309 g/mol. The number of hydrogen-bond donors (Lipinski definition) is 0. The maximum atomic E-state index is 6.31. The van der Waals surface area contributed by atoms with Crippen molar-refractivity contribution in [1.29, 1.82) is 0 Å². The van der Waals surface area contributed by atoms with E-state index in [1.807, 2.05) is 29.8 Å². The van der Waals surface area contributed by atoms with Gasteiger partial charge in [-0.15, -0.1) is 11.6 Å². The second kappa shape index (κ2) is 5.42. The molecule has 3 aromatic rings. The van der Waals surface area contributed by atoms with E-state index in [1.54, 1.807) is 11.0 Å². The summed E-state index contributed by atoms with van der Waals surface area (Å²) in [4.78, 5) is 8.85. The standard InChI is InChI=1S/C13H13Cl2N5/c1-19-8-16-11(18-19)7-20-12(5-6-14)17-10-4-2-3-9(15)13(10)20/h2-4,8H,5-7H2,1H3. The first-order valence-electron chi connectivity index (χ1n) is 6.23. The number of aromatic nitrogens is 5. The molecule has 0 aliphatic rings. The SMILES string of the molecule is Cn1cnc(Cn2c(CCCl)nc3cccc(Cl)c32)n1. The topological polar surface area (TPSA) is 48.5 Å². The zero-order valence-corrected chi connectivity index (χ0v) is 12.4. The largest absolute Gasteiger partial charge is 0.319 e. The van der Waals surface area contributed by atoms with Crippen molar-refractivity contribution in [3.05, 3.63) is 41.2 Å². The molecule has 2 heterocycles. The van der Waals surface area contributed by atoms with Gasteiger partial charge in [0.25, 0.3) is 0 Å². The van der Waals surface area contributed by atoms with Crippen molar-refractivity contribution in [2.45, 2.75) is 13.0 Å². The Morgan fingerprint density at radius 1 is 1.30 bits per heavy atom. The van der Waals surface area contributed by atoms with Crippen LogP contribution in [0.1, 0.15) is 11.6 Å². The maximum Gasteiger partial charge on any atom is 0.170 e. The average Bonchev–Trinajstić information content (AvgIpc) is 2.96. The highest BCUT2D eigenvalue weighted by Gasteiger charge is 2.14. The average molecular weight is 310 g/mol. The molecule has 0 fully saturated rings. The first-order valence-corrected chi connectivity index (χ1v) is 7.14. The van der Waals surface area contributed by atoms with E-state index in [9.17, 15) is 0 Å². The number of aryl methyl sites for hydroxylation is 2. The van der Waals surface area contributed by atoms with Gasteiger partial charge in [0.15, 0.2) is 5.82 Å². The van der Waals surface area contributed by atoms with Gasteiger partial charge in [-0.25, -0.2) is 9.97 Å². The van der Waals surface area contributed by atoms with Gasteiger partial charge in [-0.2, -0.15) is 5.10 Å². The van der Waals surface area contributed by atoms with Gasteiger partial charge in [0.2, 0.25) is 0 Å². The molecule has 0 N–H and O–H groups in total. The van der Waals surface area contributed by atoms with Gasteiger partial charge in [-0.05, 0) is 12.1 Å². The van der Waals surface area contributed by atoms with Crippen molar-refractivity contribution >= 4 is 34.2 Å². The van der Waals surface area contributed by atoms with E-state index in [2.05, 4.69) is 15.1 Å². The van der Waals surface area contributed by atoms with Crippen molar-refractivity contribution < 1.29 is 0 Å². The van der Waals surface area contributed by atoms with Crippen LogP contribution < -0.4 is 0 Å². The van der Waals surface area contributed by atoms with E-state index in [-0.39, 0.29) is 0 Å². The van der Waals surface area contributed by atoms with Gasteiger partial charge >= 0.3 is 0 Å². The first-order chi connectivity index (χ1) is 9.69. The molecule has 0 aliphatic carbocycles. The molecule has 0 radical (unpaired) electrons. The number of nitrogens with zero attached hydrogens (tertiary/aromatic N) is 5. The lowest BCUT2D eigenvalue weighted by Gasteiger charge is -2.06. The van der Waals surface area contributed by atoms with Crippen molar-refractivity contribution in [2.24, 2.45) is 7.05 Å². The third-order valence-corrected chi connectivity index (χ3v) is 3.56. The Labute approximate surface area is 126 Å². The normalized spacial score (nSPS) is 11.3. The molecule has 3 rings (SSSR count). The third-order valence-electron chi connectivity index (χ3n) is 3.06. The van der Waals surface area contributed by atoms with Crippen LogP contribution >= 0.6 is 23.2 Å². The van der Waals surface area contributed by atoms with E-state index in [0.717, 1.165) is 22.7 Å². The summed E-state index contributed by atoms with van der Waals surface area (Å²) in [7, 11) is 1.84. The molecule has 0 saturated heterocycles. The predicted octanol–water partition coefficient (Wildman–Crippen LogP) is 2.65. The summed E-state index contributed by atoms with van der Waals surface area (Å²) in [5, 5.41) is 4.98.